The number of nitrogens with zero attached hydrogens (tertiary/aromatic N) is 1. The largest absolute Gasteiger partial charge is 0.332 e. The Labute approximate surface area is 182 Å². The molecule has 2 aromatic rings. The fourth-order valence-electron chi connectivity index (χ4n) is 4.28. The van der Waals surface area contributed by atoms with E-state index in [2.05, 4.69) is 0 Å². The Morgan fingerprint density at radius 1 is 1.00 bits per heavy atom. The van der Waals surface area contributed by atoms with Crippen molar-refractivity contribution in [2.75, 3.05) is 6.54 Å². The monoisotopic (exact) mass is 453 g/mol. The highest BCUT2D eigenvalue weighted by Gasteiger charge is 2.64. The molecule has 29 heavy (non-hydrogen) atoms. The molecule has 0 radical (unpaired) electrons. The smallest absolute Gasteiger partial charge is 0.244 e. The molecule has 1 aliphatic rings. The van der Waals surface area contributed by atoms with E-state index in [4.69, 9.17) is 23.2 Å². The maximum absolute atomic E-state index is 14.0. The number of hydrogen-bond acceptors (Lipinski definition) is 3. The number of sulfone groups is 1. The third kappa shape index (κ3) is 3.28. The Bertz CT molecular complexity index is 1030. The van der Waals surface area contributed by atoms with E-state index < -0.39 is 25.4 Å². The van der Waals surface area contributed by atoms with Gasteiger partial charge in [-0.25, -0.2) is 8.42 Å². The van der Waals surface area contributed by atoms with Crippen LogP contribution in [0.15, 0.2) is 48.5 Å². The summed E-state index contributed by atoms with van der Waals surface area (Å²) in [5, 5.41) is 0.996. The lowest BCUT2D eigenvalue weighted by molar-refractivity contribution is -0.138. The minimum Gasteiger partial charge on any atom is -0.332 e. The minimum atomic E-state index is -3.96. The van der Waals surface area contributed by atoms with Crippen LogP contribution in [0.2, 0.25) is 10.0 Å². The zero-order valence-corrected chi connectivity index (χ0v) is 19.3. The summed E-state index contributed by atoms with van der Waals surface area (Å²) < 4.78 is 25.0. The van der Waals surface area contributed by atoms with Gasteiger partial charge in [0.25, 0.3) is 0 Å². The summed E-state index contributed by atoms with van der Waals surface area (Å²) >= 11 is 12.3. The molecule has 0 aliphatic carbocycles. The quantitative estimate of drug-likeness (QED) is 0.622. The maximum Gasteiger partial charge on any atom is 0.244 e. The highest BCUT2D eigenvalue weighted by Crippen LogP contribution is 2.54. The van der Waals surface area contributed by atoms with Crippen LogP contribution in [0.4, 0.5) is 0 Å². The molecule has 4 nitrogen and oxygen atoms in total. The van der Waals surface area contributed by atoms with Crippen molar-refractivity contribution < 1.29 is 13.2 Å². The van der Waals surface area contributed by atoms with Gasteiger partial charge in [0.1, 0.15) is 9.49 Å². The van der Waals surface area contributed by atoms with Crippen molar-refractivity contribution in [1.82, 2.24) is 4.90 Å². The second-order valence-electron chi connectivity index (χ2n) is 8.08. The molecule has 0 saturated carbocycles. The summed E-state index contributed by atoms with van der Waals surface area (Å²) in [6, 6.07) is 13.2. The molecule has 7 heteroatoms. The minimum absolute atomic E-state index is 0.390. The second kappa shape index (κ2) is 7.60. The summed E-state index contributed by atoms with van der Waals surface area (Å²) in [6.07, 6.45) is 0.706. The summed E-state index contributed by atoms with van der Waals surface area (Å²) in [6.45, 7) is 7.10. The Kier molecular flexibility index (Phi) is 5.80. The number of carbonyl (C=O) groups excluding carboxylic acids is 1. The molecule has 0 aromatic heterocycles. The molecule has 0 bridgehead atoms. The molecule has 156 valence electrons. The van der Waals surface area contributed by atoms with E-state index in [1.807, 2.05) is 6.92 Å². The van der Waals surface area contributed by atoms with Crippen molar-refractivity contribution >= 4 is 38.9 Å². The van der Waals surface area contributed by atoms with Gasteiger partial charge in [0, 0.05) is 16.6 Å². The van der Waals surface area contributed by atoms with E-state index in [1.165, 1.54) is 13.8 Å². The molecule has 0 unspecified atom stereocenters. The van der Waals surface area contributed by atoms with Crippen LogP contribution in [-0.4, -0.2) is 30.5 Å². The molecular formula is C22H25Cl2NO3S. The summed E-state index contributed by atoms with van der Waals surface area (Å²) in [7, 11) is -3.96. The van der Waals surface area contributed by atoms with Crippen LogP contribution in [0.25, 0.3) is 0 Å². The number of carbonyl (C=O) groups is 1. The van der Waals surface area contributed by atoms with E-state index >= 15 is 0 Å². The predicted octanol–water partition coefficient (Wildman–Crippen LogP) is 5.40. The van der Waals surface area contributed by atoms with Crippen molar-refractivity contribution in [3.63, 3.8) is 0 Å². The molecule has 0 N–H and O–H groups in total. The standard InChI is InChI=1S/C22H25Cl2NO3S/c1-5-13-25-19(15-9-11-17(23)12-10-15)22(4,16-7-6-8-18(24)14-16)29(27,28)21(2,3)20(25)26/h6-12,14,19H,5,13H2,1-4H3/t19-,22+/m0/s1. The first-order valence-electron chi connectivity index (χ1n) is 9.55. The summed E-state index contributed by atoms with van der Waals surface area (Å²) in [5.41, 5.74) is 1.28. The third-order valence-electron chi connectivity index (χ3n) is 5.89. The Hall–Kier alpha value is -1.56. The number of benzene rings is 2. The molecule has 1 saturated heterocycles. The van der Waals surface area contributed by atoms with E-state index in [9.17, 15) is 13.2 Å². The number of halogens is 2. The van der Waals surface area contributed by atoms with E-state index in [-0.39, 0.29) is 5.91 Å². The van der Waals surface area contributed by atoms with Gasteiger partial charge in [-0.2, -0.15) is 0 Å². The SMILES string of the molecule is CCCN1C(=O)C(C)(C)S(=O)(=O)[C@](C)(c2cccc(Cl)c2)[C@@H]1c1ccc(Cl)cc1. The van der Waals surface area contributed by atoms with Crippen molar-refractivity contribution in [2.24, 2.45) is 0 Å². The molecule has 0 spiro atoms. The average Bonchev–Trinajstić information content (AvgIpc) is 2.67. The predicted molar refractivity (Wildman–Crippen MR) is 118 cm³/mol. The number of rotatable bonds is 4. The van der Waals surface area contributed by atoms with Crippen molar-refractivity contribution in [2.45, 2.75) is 49.7 Å². The molecule has 1 fully saturated rings. The lowest BCUT2D eigenvalue weighted by atomic mass is 9.85. The first kappa shape index (κ1) is 22.1. The molecule has 2 atom stereocenters. The average molecular weight is 454 g/mol. The zero-order chi connectivity index (χ0) is 21.6. The van der Waals surface area contributed by atoms with Gasteiger partial charge >= 0.3 is 0 Å². The van der Waals surface area contributed by atoms with E-state index in [0.717, 1.165) is 5.56 Å². The molecule has 2 aromatic carbocycles. The van der Waals surface area contributed by atoms with Gasteiger partial charge in [-0.05, 0) is 62.6 Å². The topological polar surface area (TPSA) is 54.5 Å². The van der Waals surface area contributed by atoms with Crippen molar-refractivity contribution in [1.29, 1.82) is 0 Å². The van der Waals surface area contributed by atoms with Gasteiger partial charge < -0.3 is 4.90 Å². The van der Waals surface area contributed by atoms with Crippen molar-refractivity contribution in [3.05, 3.63) is 69.7 Å². The molecule has 1 amide bonds. The lowest BCUT2D eigenvalue weighted by Crippen LogP contribution is -2.66. The fourth-order valence-corrected chi connectivity index (χ4v) is 7.00. The van der Waals surface area contributed by atoms with Crippen LogP contribution in [0.5, 0.6) is 0 Å². The van der Waals surface area contributed by atoms with Gasteiger partial charge in [0.2, 0.25) is 5.91 Å². The first-order chi connectivity index (χ1) is 13.5. The molecular weight excluding hydrogens is 429 g/mol. The number of amides is 1. The summed E-state index contributed by atoms with van der Waals surface area (Å²) in [4.78, 5) is 15.1. The van der Waals surface area contributed by atoms with Crippen LogP contribution in [-0.2, 0) is 19.4 Å². The zero-order valence-electron chi connectivity index (χ0n) is 16.9. The van der Waals surface area contributed by atoms with Gasteiger partial charge in [-0.3, -0.25) is 4.79 Å². The molecule has 1 heterocycles. The molecule has 3 rings (SSSR count). The van der Waals surface area contributed by atoms with Gasteiger partial charge in [-0.15, -0.1) is 0 Å². The summed E-state index contributed by atoms with van der Waals surface area (Å²) in [5.74, 6) is -0.390. The van der Waals surface area contributed by atoms with Crippen LogP contribution in [0.3, 0.4) is 0 Å². The van der Waals surface area contributed by atoms with Crippen LogP contribution in [0, 0.1) is 0 Å². The highest BCUT2D eigenvalue weighted by molar-refractivity contribution is 7.94. The van der Waals surface area contributed by atoms with Gasteiger partial charge in [0.15, 0.2) is 9.84 Å². The Morgan fingerprint density at radius 2 is 1.62 bits per heavy atom. The molecule has 1 aliphatic heterocycles. The second-order valence-corrected chi connectivity index (χ2v) is 11.8. The normalized spacial score (nSPS) is 25.8. The Balaban J connectivity index is 2.39. The van der Waals surface area contributed by atoms with Crippen molar-refractivity contribution in [3.8, 4) is 0 Å². The van der Waals surface area contributed by atoms with Gasteiger partial charge in [0.05, 0.1) is 6.04 Å². The number of hydrogen-bond donors (Lipinski definition) is 0. The third-order valence-corrected chi connectivity index (χ3v) is 9.47. The van der Waals surface area contributed by atoms with Crippen LogP contribution < -0.4 is 0 Å². The lowest BCUT2D eigenvalue weighted by Gasteiger charge is -2.53. The maximum atomic E-state index is 14.0. The van der Waals surface area contributed by atoms with Crippen LogP contribution >= 0.6 is 23.2 Å². The van der Waals surface area contributed by atoms with Crippen LogP contribution in [0.1, 0.15) is 51.3 Å². The Morgan fingerprint density at radius 3 is 2.17 bits per heavy atom. The van der Waals surface area contributed by atoms with E-state index in [1.54, 1.807) is 60.4 Å². The first-order valence-corrected chi connectivity index (χ1v) is 11.8. The highest BCUT2D eigenvalue weighted by atomic mass is 35.5. The fraction of sp³-hybridized carbons (Fsp3) is 0.409. The van der Waals surface area contributed by atoms with Gasteiger partial charge in [-0.1, -0.05) is 54.4 Å². The van der Waals surface area contributed by atoms with E-state index in [0.29, 0.717) is 28.6 Å².